The maximum atomic E-state index is 15.5. The van der Waals surface area contributed by atoms with E-state index in [0.29, 0.717) is 18.4 Å². The normalized spacial score (nSPS) is 45.3. The number of ketones is 2. The zero-order valence-electron chi connectivity index (χ0n) is 18.9. The summed E-state index contributed by atoms with van der Waals surface area (Å²) in [6.45, 7) is 6.01. The Morgan fingerprint density at radius 3 is 2.56 bits per heavy atom. The number of allylic oxidation sites excluding steroid dienone is 3. The average Bonchev–Trinajstić information content (AvgIpc) is 2.95. The fourth-order valence-electron chi connectivity index (χ4n) is 8.43. The minimum atomic E-state index is -1.29. The summed E-state index contributed by atoms with van der Waals surface area (Å²) >= 11 is 6.07. The summed E-state index contributed by atoms with van der Waals surface area (Å²) in [5.41, 5.74) is -1.60. The lowest BCUT2D eigenvalue weighted by Crippen LogP contribution is -2.56. The molecule has 8 atom stereocenters. The Morgan fingerprint density at radius 1 is 1.25 bits per heavy atom. The molecule has 0 radical (unpaired) electrons. The van der Waals surface area contributed by atoms with Crippen LogP contribution >= 0.6 is 11.6 Å². The van der Waals surface area contributed by atoms with Crippen LogP contribution in [0.2, 0.25) is 0 Å². The van der Waals surface area contributed by atoms with Crippen molar-refractivity contribution in [2.45, 2.75) is 65.5 Å². The zero-order chi connectivity index (χ0) is 23.6. The quantitative estimate of drug-likeness (QED) is 0.554. The molecule has 4 rings (SSSR count). The number of carboxylic acid groups (broad SMARTS) is 1. The van der Waals surface area contributed by atoms with E-state index in [4.69, 9.17) is 11.6 Å². The second-order valence-electron chi connectivity index (χ2n) is 10.9. The van der Waals surface area contributed by atoms with E-state index in [0.717, 1.165) is 6.42 Å². The van der Waals surface area contributed by atoms with Gasteiger partial charge in [-0.3, -0.25) is 14.4 Å². The van der Waals surface area contributed by atoms with Gasteiger partial charge in [0, 0.05) is 17.3 Å². The highest BCUT2D eigenvalue weighted by Crippen LogP contribution is 2.72. The molecular weight excluding hydrogens is 435 g/mol. The first-order valence-electron chi connectivity index (χ1n) is 11.6. The maximum absolute atomic E-state index is 15.5. The zero-order valence-corrected chi connectivity index (χ0v) is 19.6. The lowest BCUT2D eigenvalue weighted by Gasteiger charge is -2.59. The molecule has 0 heterocycles. The molecule has 0 unspecified atom stereocenters. The van der Waals surface area contributed by atoms with Crippen molar-refractivity contribution in [2.24, 2.45) is 39.9 Å². The summed E-state index contributed by atoms with van der Waals surface area (Å²) in [6.07, 6.45) is 4.09. The number of hydrogen-bond donors (Lipinski definition) is 2. The van der Waals surface area contributed by atoms with E-state index < -0.39 is 34.2 Å². The highest BCUT2D eigenvalue weighted by atomic mass is 35.5. The Bertz CT molecular complexity index is 927. The number of carboxylic acids is 1. The third-order valence-electron chi connectivity index (χ3n) is 9.83. The van der Waals surface area contributed by atoms with Crippen molar-refractivity contribution in [1.29, 1.82) is 0 Å². The minimum Gasteiger partial charge on any atom is -0.504 e. The van der Waals surface area contributed by atoms with Crippen molar-refractivity contribution >= 4 is 29.1 Å². The second kappa shape index (κ2) is 7.68. The molecule has 3 saturated carbocycles. The average molecular weight is 467 g/mol. The molecule has 0 aromatic heterocycles. The summed E-state index contributed by atoms with van der Waals surface area (Å²) in [4.78, 5) is 36.8. The van der Waals surface area contributed by atoms with Crippen LogP contribution in [-0.2, 0) is 14.4 Å². The molecule has 0 aromatic carbocycles. The van der Waals surface area contributed by atoms with Gasteiger partial charge in [0.25, 0.3) is 0 Å². The standard InChI is InChI=1S/C25H32ClFO5/c1-13-8-16-14-9-18(27)17-10-19(28)20(29)11-23(17,2)15(14)4-6-24(16,3)25(13,21(30)12-26)7-5-22(31)32/h10-11,13-16,18,29H,4-9,12H2,1-3H3,(H,31,32)/t13-,14+,15-,16-,18-,23+,24-,25+/m0/s1. The fourth-order valence-corrected chi connectivity index (χ4v) is 8.67. The van der Waals surface area contributed by atoms with E-state index in [1.54, 1.807) is 0 Å². The third-order valence-corrected chi connectivity index (χ3v) is 10.1. The molecule has 32 heavy (non-hydrogen) atoms. The highest BCUT2D eigenvalue weighted by molar-refractivity contribution is 6.28. The van der Waals surface area contributed by atoms with E-state index in [1.165, 1.54) is 12.2 Å². The number of rotatable bonds is 5. The van der Waals surface area contributed by atoms with E-state index >= 15 is 4.39 Å². The Hall–Kier alpha value is -1.69. The molecule has 4 aliphatic rings. The number of alkyl halides is 2. The van der Waals surface area contributed by atoms with Crippen LogP contribution in [0.25, 0.3) is 0 Å². The summed E-state index contributed by atoms with van der Waals surface area (Å²) in [7, 11) is 0. The van der Waals surface area contributed by atoms with Crippen LogP contribution in [-0.4, -0.2) is 39.8 Å². The van der Waals surface area contributed by atoms with Gasteiger partial charge in [-0.25, -0.2) is 4.39 Å². The van der Waals surface area contributed by atoms with Crippen molar-refractivity contribution in [3.63, 3.8) is 0 Å². The van der Waals surface area contributed by atoms with Crippen molar-refractivity contribution in [1.82, 2.24) is 0 Å². The minimum absolute atomic E-state index is 0.0274. The molecule has 0 aromatic rings. The van der Waals surface area contributed by atoms with Crippen LogP contribution < -0.4 is 0 Å². The lowest BCUT2D eigenvalue weighted by atomic mass is 9.44. The SMILES string of the molecule is C[C@H]1C[C@H]2[C@@H]3C[C@H](F)C4=CC(=O)C(O)=C[C@]4(C)[C@H]3CC[C@]2(C)[C@@]1(CCC(=O)O)C(=O)CCl. The molecule has 0 aliphatic heterocycles. The Kier molecular flexibility index (Phi) is 5.63. The van der Waals surface area contributed by atoms with Gasteiger partial charge in [-0.2, -0.15) is 0 Å². The first-order valence-corrected chi connectivity index (χ1v) is 12.1. The van der Waals surface area contributed by atoms with E-state index in [9.17, 15) is 24.6 Å². The number of aliphatic carboxylic acids is 1. The number of carbonyl (C=O) groups excluding carboxylic acids is 2. The van der Waals surface area contributed by atoms with Gasteiger partial charge < -0.3 is 10.2 Å². The number of carbonyl (C=O) groups is 3. The van der Waals surface area contributed by atoms with Gasteiger partial charge >= 0.3 is 5.97 Å². The van der Waals surface area contributed by atoms with Gasteiger partial charge in [0.1, 0.15) is 6.17 Å². The number of hydrogen-bond acceptors (Lipinski definition) is 4. The van der Waals surface area contributed by atoms with Crippen molar-refractivity contribution < 1.29 is 29.0 Å². The monoisotopic (exact) mass is 466 g/mol. The fraction of sp³-hybridized carbons (Fsp3) is 0.720. The van der Waals surface area contributed by atoms with Crippen LogP contribution in [0.15, 0.2) is 23.5 Å². The van der Waals surface area contributed by atoms with Gasteiger partial charge in [0.2, 0.25) is 5.78 Å². The van der Waals surface area contributed by atoms with Crippen LogP contribution in [0.4, 0.5) is 4.39 Å². The highest BCUT2D eigenvalue weighted by Gasteiger charge is 2.69. The van der Waals surface area contributed by atoms with Crippen molar-refractivity contribution in [3.8, 4) is 0 Å². The Labute approximate surface area is 193 Å². The van der Waals surface area contributed by atoms with Crippen LogP contribution in [0.5, 0.6) is 0 Å². The summed E-state index contributed by atoms with van der Waals surface area (Å²) in [5.74, 6) is -2.06. The molecule has 2 N–H and O–H groups in total. The maximum Gasteiger partial charge on any atom is 0.303 e. The predicted molar refractivity (Wildman–Crippen MR) is 118 cm³/mol. The number of fused-ring (bicyclic) bond motifs is 5. The number of Topliss-reactive ketones (excluding diaryl/α,β-unsaturated/α-hetero) is 1. The number of aliphatic hydroxyl groups excluding tert-OH is 1. The van der Waals surface area contributed by atoms with Gasteiger partial charge in [0.15, 0.2) is 11.5 Å². The Morgan fingerprint density at radius 2 is 1.94 bits per heavy atom. The summed E-state index contributed by atoms with van der Waals surface area (Å²) in [5, 5.41) is 19.6. The molecule has 4 aliphatic carbocycles. The van der Waals surface area contributed by atoms with Crippen LogP contribution in [0.1, 0.15) is 59.3 Å². The molecular formula is C25H32ClFO5. The van der Waals surface area contributed by atoms with E-state index in [2.05, 4.69) is 6.92 Å². The summed E-state index contributed by atoms with van der Waals surface area (Å²) < 4.78 is 15.5. The first kappa shape index (κ1) is 23.5. The van der Waals surface area contributed by atoms with E-state index in [1.807, 2.05) is 13.8 Å². The van der Waals surface area contributed by atoms with Crippen LogP contribution in [0.3, 0.4) is 0 Å². The third kappa shape index (κ3) is 2.97. The molecule has 0 saturated heterocycles. The molecule has 0 bridgehead atoms. The molecule has 7 heteroatoms. The van der Waals surface area contributed by atoms with E-state index in [-0.39, 0.29) is 60.4 Å². The molecule has 0 amide bonds. The topological polar surface area (TPSA) is 91.7 Å². The lowest BCUT2D eigenvalue weighted by molar-refractivity contribution is -0.148. The largest absolute Gasteiger partial charge is 0.504 e. The van der Waals surface area contributed by atoms with Gasteiger partial charge in [-0.15, -0.1) is 11.6 Å². The first-order chi connectivity index (χ1) is 14.9. The van der Waals surface area contributed by atoms with Gasteiger partial charge in [0.05, 0.1) is 5.88 Å². The second-order valence-corrected chi connectivity index (χ2v) is 11.1. The van der Waals surface area contributed by atoms with Gasteiger partial charge in [-0.1, -0.05) is 20.8 Å². The van der Waals surface area contributed by atoms with Gasteiger partial charge in [-0.05, 0) is 78.9 Å². The van der Waals surface area contributed by atoms with Crippen LogP contribution in [0, 0.1) is 39.9 Å². The summed E-state index contributed by atoms with van der Waals surface area (Å²) in [6, 6.07) is 0. The molecule has 176 valence electrons. The molecule has 5 nitrogen and oxygen atoms in total. The Balaban J connectivity index is 1.77. The number of aliphatic hydroxyl groups is 1. The molecule has 0 spiro atoms. The predicted octanol–water partition coefficient (Wildman–Crippen LogP) is 5.03. The van der Waals surface area contributed by atoms with Crippen molar-refractivity contribution in [3.05, 3.63) is 23.5 Å². The molecule has 3 fully saturated rings. The number of halogens is 2. The smallest absolute Gasteiger partial charge is 0.303 e. The van der Waals surface area contributed by atoms with Crippen molar-refractivity contribution in [2.75, 3.05) is 5.88 Å².